The van der Waals surface area contributed by atoms with E-state index < -0.39 is 21.7 Å². The largest absolute Gasteiger partial charge is 0.481 e. The SMILES string of the molecule is CC(C(=O)O)c1ccc(CS(=O)(=O)C2CCCCC2)cc1. The van der Waals surface area contributed by atoms with Gasteiger partial charge < -0.3 is 5.11 Å². The van der Waals surface area contributed by atoms with Gasteiger partial charge >= 0.3 is 5.97 Å². The summed E-state index contributed by atoms with van der Waals surface area (Å²) in [6.45, 7) is 1.62. The molecule has 21 heavy (non-hydrogen) atoms. The molecule has 1 atom stereocenters. The average molecular weight is 310 g/mol. The Morgan fingerprint density at radius 1 is 1.19 bits per heavy atom. The lowest BCUT2D eigenvalue weighted by molar-refractivity contribution is -0.138. The van der Waals surface area contributed by atoms with E-state index in [9.17, 15) is 13.2 Å². The number of carbonyl (C=O) groups is 1. The van der Waals surface area contributed by atoms with Gasteiger partial charge in [0.05, 0.1) is 16.9 Å². The normalized spacial score (nSPS) is 18.3. The molecule has 1 aromatic rings. The minimum Gasteiger partial charge on any atom is -0.481 e. The molecule has 0 radical (unpaired) electrons. The molecule has 0 heterocycles. The zero-order valence-corrected chi connectivity index (χ0v) is 13.1. The monoisotopic (exact) mass is 310 g/mol. The lowest BCUT2D eigenvalue weighted by Crippen LogP contribution is -2.25. The van der Waals surface area contributed by atoms with Crippen molar-refractivity contribution in [1.82, 2.24) is 0 Å². The first-order valence-electron chi connectivity index (χ1n) is 7.43. The van der Waals surface area contributed by atoms with E-state index in [1.807, 2.05) is 0 Å². The van der Waals surface area contributed by atoms with Crippen molar-refractivity contribution >= 4 is 15.8 Å². The maximum Gasteiger partial charge on any atom is 0.310 e. The van der Waals surface area contributed by atoms with Crippen molar-refractivity contribution in [1.29, 1.82) is 0 Å². The zero-order chi connectivity index (χ0) is 15.5. The summed E-state index contributed by atoms with van der Waals surface area (Å²) in [5, 5.41) is 8.76. The first kappa shape index (κ1) is 16.0. The quantitative estimate of drug-likeness (QED) is 0.907. The number of aliphatic carboxylic acids is 1. The Balaban J connectivity index is 2.07. The summed E-state index contributed by atoms with van der Waals surface area (Å²) in [5.74, 6) is -1.40. The van der Waals surface area contributed by atoms with Gasteiger partial charge in [-0.25, -0.2) is 8.42 Å². The van der Waals surface area contributed by atoms with E-state index in [0.717, 1.165) is 37.7 Å². The highest BCUT2D eigenvalue weighted by Gasteiger charge is 2.27. The first-order chi connectivity index (χ1) is 9.90. The second-order valence-corrected chi connectivity index (χ2v) is 8.15. The molecule has 1 fully saturated rings. The van der Waals surface area contributed by atoms with Crippen LogP contribution in [-0.4, -0.2) is 24.7 Å². The van der Waals surface area contributed by atoms with Crippen LogP contribution in [0.3, 0.4) is 0 Å². The fraction of sp³-hybridized carbons (Fsp3) is 0.562. The average Bonchev–Trinajstić information content (AvgIpc) is 2.48. The maximum atomic E-state index is 12.4. The van der Waals surface area contributed by atoms with Gasteiger partial charge in [-0.3, -0.25) is 4.79 Å². The van der Waals surface area contributed by atoms with Crippen molar-refractivity contribution in [3.05, 3.63) is 35.4 Å². The number of carboxylic acids is 1. The molecule has 0 amide bonds. The third-order valence-corrected chi connectivity index (χ3v) is 6.50. The maximum absolute atomic E-state index is 12.4. The van der Waals surface area contributed by atoms with E-state index in [2.05, 4.69) is 0 Å². The van der Waals surface area contributed by atoms with Crippen molar-refractivity contribution in [2.75, 3.05) is 0 Å². The van der Waals surface area contributed by atoms with Gasteiger partial charge in [0.25, 0.3) is 0 Å². The van der Waals surface area contributed by atoms with E-state index in [0.29, 0.717) is 5.56 Å². The van der Waals surface area contributed by atoms with Crippen molar-refractivity contribution in [3.63, 3.8) is 0 Å². The van der Waals surface area contributed by atoms with Crippen LogP contribution in [0.1, 0.15) is 56.1 Å². The number of carboxylic acid groups (broad SMARTS) is 1. The lowest BCUT2D eigenvalue weighted by Gasteiger charge is -2.21. The summed E-state index contributed by atoms with van der Waals surface area (Å²) >= 11 is 0. The lowest BCUT2D eigenvalue weighted by atomic mass is 10.0. The van der Waals surface area contributed by atoms with E-state index in [-0.39, 0.29) is 11.0 Å². The molecular weight excluding hydrogens is 288 g/mol. The number of hydrogen-bond acceptors (Lipinski definition) is 3. The van der Waals surface area contributed by atoms with Crippen LogP contribution in [0.5, 0.6) is 0 Å². The first-order valence-corrected chi connectivity index (χ1v) is 9.15. The standard InChI is InChI=1S/C16H22O4S/c1-12(16(17)18)14-9-7-13(8-10-14)11-21(19,20)15-5-3-2-4-6-15/h7-10,12,15H,2-6,11H2,1H3,(H,17,18). The summed E-state index contributed by atoms with van der Waals surface area (Å²) in [7, 11) is -3.10. The molecule has 1 unspecified atom stereocenters. The highest BCUT2D eigenvalue weighted by molar-refractivity contribution is 7.91. The van der Waals surface area contributed by atoms with Crippen LogP contribution in [0, 0.1) is 0 Å². The topological polar surface area (TPSA) is 71.4 Å². The van der Waals surface area contributed by atoms with Gasteiger partial charge in [0.2, 0.25) is 0 Å². The van der Waals surface area contributed by atoms with Crippen LogP contribution in [0.4, 0.5) is 0 Å². The third-order valence-electron chi connectivity index (χ3n) is 4.28. The number of sulfone groups is 1. The van der Waals surface area contributed by atoms with Crippen LogP contribution in [0.15, 0.2) is 24.3 Å². The minimum atomic E-state index is -3.10. The molecule has 0 saturated heterocycles. The van der Waals surface area contributed by atoms with Crippen LogP contribution >= 0.6 is 0 Å². The molecule has 1 aromatic carbocycles. The van der Waals surface area contributed by atoms with Crippen molar-refractivity contribution in [3.8, 4) is 0 Å². The summed E-state index contributed by atoms with van der Waals surface area (Å²) in [5.41, 5.74) is 1.43. The van der Waals surface area contributed by atoms with Gasteiger partial charge in [0.15, 0.2) is 9.84 Å². The van der Waals surface area contributed by atoms with Crippen LogP contribution < -0.4 is 0 Å². The molecule has 4 nitrogen and oxygen atoms in total. The molecule has 1 N–H and O–H groups in total. The molecular formula is C16H22O4S. The number of rotatable bonds is 5. The van der Waals surface area contributed by atoms with Crippen LogP contribution in [0.25, 0.3) is 0 Å². The van der Waals surface area contributed by atoms with Gasteiger partial charge in [-0.2, -0.15) is 0 Å². The van der Waals surface area contributed by atoms with Gasteiger partial charge in [-0.05, 0) is 30.9 Å². The van der Waals surface area contributed by atoms with Crippen LogP contribution in [0.2, 0.25) is 0 Å². The van der Waals surface area contributed by atoms with E-state index in [4.69, 9.17) is 5.11 Å². The van der Waals surface area contributed by atoms with E-state index in [1.54, 1.807) is 31.2 Å². The molecule has 116 valence electrons. The van der Waals surface area contributed by atoms with Crippen molar-refractivity contribution in [2.45, 2.75) is 55.9 Å². The Bertz CT molecular complexity index is 583. The molecule has 0 bridgehead atoms. The molecule has 5 heteroatoms. The molecule has 0 aliphatic heterocycles. The Hall–Kier alpha value is -1.36. The summed E-state index contributed by atoms with van der Waals surface area (Å²) in [6, 6.07) is 6.89. The van der Waals surface area contributed by atoms with Gasteiger partial charge in [-0.1, -0.05) is 43.5 Å². The molecule has 1 aliphatic rings. The van der Waals surface area contributed by atoms with Gasteiger partial charge in [0, 0.05) is 0 Å². The zero-order valence-electron chi connectivity index (χ0n) is 12.3. The Morgan fingerprint density at radius 3 is 2.29 bits per heavy atom. The van der Waals surface area contributed by atoms with Gasteiger partial charge in [-0.15, -0.1) is 0 Å². The fourth-order valence-electron chi connectivity index (χ4n) is 2.82. The predicted molar refractivity (Wildman–Crippen MR) is 82.0 cm³/mol. The van der Waals surface area contributed by atoms with Crippen molar-refractivity contribution < 1.29 is 18.3 Å². The number of hydrogen-bond donors (Lipinski definition) is 1. The Morgan fingerprint density at radius 2 is 1.76 bits per heavy atom. The highest BCUT2D eigenvalue weighted by Crippen LogP contribution is 2.26. The van der Waals surface area contributed by atoms with Crippen molar-refractivity contribution in [2.24, 2.45) is 0 Å². The molecule has 2 rings (SSSR count). The second-order valence-electron chi connectivity index (χ2n) is 5.87. The Labute approximate surface area is 126 Å². The smallest absolute Gasteiger partial charge is 0.310 e. The molecule has 0 aromatic heterocycles. The van der Waals surface area contributed by atoms with Gasteiger partial charge in [0.1, 0.15) is 0 Å². The number of benzene rings is 1. The molecule has 0 spiro atoms. The van der Waals surface area contributed by atoms with E-state index >= 15 is 0 Å². The predicted octanol–water partition coefficient (Wildman–Crippen LogP) is 3.12. The summed E-state index contributed by atoms with van der Waals surface area (Å²) in [6.07, 6.45) is 4.68. The molecule has 1 saturated carbocycles. The molecule has 1 aliphatic carbocycles. The Kier molecular flexibility index (Phi) is 5.04. The fourth-order valence-corrected chi connectivity index (χ4v) is 4.76. The highest BCUT2D eigenvalue weighted by atomic mass is 32.2. The van der Waals surface area contributed by atoms with E-state index in [1.165, 1.54) is 0 Å². The summed E-state index contributed by atoms with van der Waals surface area (Å²) in [4.78, 5) is 10.9. The van der Waals surface area contributed by atoms with Crippen LogP contribution in [-0.2, 0) is 20.4 Å². The second kappa shape index (κ2) is 6.60. The third kappa shape index (κ3) is 4.06. The summed E-state index contributed by atoms with van der Waals surface area (Å²) < 4.78 is 24.8. The minimum absolute atomic E-state index is 0.0550.